The first-order chi connectivity index (χ1) is 18.9. The number of thioether (sulfide) groups is 1. The largest absolute Gasteiger partial charge is 0.367 e. The molecule has 8 heteroatoms. The number of rotatable bonds is 7. The van der Waals surface area contributed by atoms with Crippen LogP contribution in [0.4, 0.5) is 10.1 Å². The summed E-state index contributed by atoms with van der Waals surface area (Å²) in [6.07, 6.45) is 5.42. The molecule has 3 aliphatic rings. The molecule has 5 rings (SSSR count). The second-order valence-corrected chi connectivity index (χ2v) is 12.3. The van der Waals surface area contributed by atoms with Crippen molar-refractivity contribution in [3.05, 3.63) is 70.4 Å². The van der Waals surface area contributed by atoms with Gasteiger partial charge in [0.2, 0.25) is 5.91 Å². The molecule has 3 fully saturated rings. The van der Waals surface area contributed by atoms with E-state index in [1.165, 1.54) is 11.6 Å². The van der Waals surface area contributed by atoms with Crippen LogP contribution in [0, 0.1) is 18.7 Å². The minimum absolute atomic E-state index is 0.0475. The molecule has 2 amide bonds. The number of carbonyl (C=O) groups is 2. The van der Waals surface area contributed by atoms with Crippen LogP contribution in [0.2, 0.25) is 0 Å². The van der Waals surface area contributed by atoms with Crippen LogP contribution in [-0.2, 0) is 9.59 Å². The SMILES string of the molecule is Cc1cccc(/C=C2\SC3CCC(C(=O)NCCCN4CCN(c5ccccc5F)CC4)CC3N(C)C2=O)c1. The van der Waals surface area contributed by atoms with E-state index < -0.39 is 0 Å². The minimum atomic E-state index is -0.163. The molecule has 2 aromatic rings. The van der Waals surface area contributed by atoms with Gasteiger partial charge in [-0.15, -0.1) is 11.8 Å². The van der Waals surface area contributed by atoms with Gasteiger partial charge in [0.1, 0.15) is 5.82 Å². The molecule has 0 spiro atoms. The number of nitrogens with zero attached hydrogens (tertiary/aromatic N) is 3. The zero-order chi connectivity index (χ0) is 27.4. The Hall–Kier alpha value is -2.84. The van der Waals surface area contributed by atoms with Gasteiger partial charge in [-0.3, -0.25) is 14.5 Å². The van der Waals surface area contributed by atoms with Crippen molar-refractivity contribution in [1.82, 2.24) is 15.1 Å². The van der Waals surface area contributed by atoms with E-state index in [9.17, 15) is 14.0 Å². The Morgan fingerprint density at radius 3 is 2.67 bits per heavy atom. The quantitative estimate of drug-likeness (QED) is 0.405. The van der Waals surface area contributed by atoms with Crippen molar-refractivity contribution < 1.29 is 14.0 Å². The van der Waals surface area contributed by atoms with Crippen LogP contribution in [0.1, 0.15) is 36.8 Å². The van der Waals surface area contributed by atoms with Crippen LogP contribution in [0.15, 0.2) is 53.4 Å². The van der Waals surface area contributed by atoms with Gasteiger partial charge >= 0.3 is 0 Å². The number of likely N-dealkylation sites (N-methyl/N-ethyl adjacent to an activating group) is 1. The van der Waals surface area contributed by atoms with E-state index in [4.69, 9.17) is 0 Å². The van der Waals surface area contributed by atoms with Crippen molar-refractivity contribution in [1.29, 1.82) is 0 Å². The van der Waals surface area contributed by atoms with E-state index >= 15 is 0 Å². The van der Waals surface area contributed by atoms with Crippen molar-refractivity contribution >= 4 is 35.3 Å². The first-order valence-electron chi connectivity index (χ1n) is 14.1. The lowest BCUT2D eigenvalue weighted by atomic mass is 9.83. The fraction of sp³-hybridized carbons (Fsp3) is 0.484. The number of amides is 2. The predicted molar refractivity (Wildman–Crippen MR) is 157 cm³/mol. The van der Waals surface area contributed by atoms with Crippen LogP contribution in [-0.4, -0.2) is 79.2 Å². The second-order valence-electron chi connectivity index (χ2n) is 11.0. The smallest absolute Gasteiger partial charge is 0.260 e. The summed E-state index contributed by atoms with van der Waals surface area (Å²) >= 11 is 1.69. The summed E-state index contributed by atoms with van der Waals surface area (Å²) in [6, 6.07) is 15.3. The van der Waals surface area contributed by atoms with Gasteiger partial charge in [0.25, 0.3) is 5.91 Å². The molecule has 3 unspecified atom stereocenters. The van der Waals surface area contributed by atoms with E-state index in [1.807, 2.05) is 42.3 Å². The highest BCUT2D eigenvalue weighted by molar-refractivity contribution is 8.04. The van der Waals surface area contributed by atoms with E-state index in [0.29, 0.717) is 17.5 Å². The third-order valence-electron chi connectivity index (χ3n) is 8.29. The zero-order valence-electron chi connectivity index (χ0n) is 22.9. The highest BCUT2D eigenvalue weighted by Crippen LogP contribution is 2.43. The van der Waals surface area contributed by atoms with Crippen molar-refractivity contribution in [3.8, 4) is 0 Å². The number of para-hydroxylation sites is 1. The minimum Gasteiger partial charge on any atom is -0.367 e. The zero-order valence-corrected chi connectivity index (χ0v) is 23.8. The van der Waals surface area contributed by atoms with E-state index in [-0.39, 0.29) is 29.6 Å². The predicted octanol–water partition coefficient (Wildman–Crippen LogP) is 4.55. The third-order valence-corrected chi connectivity index (χ3v) is 9.69. The summed E-state index contributed by atoms with van der Waals surface area (Å²) in [4.78, 5) is 33.3. The summed E-state index contributed by atoms with van der Waals surface area (Å²) in [5, 5.41) is 3.48. The topological polar surface area (TPSA) is 55.9 Å². The molecule has 2 heterocycles. The number of piperazine rings is 1. The monoisotopic (exact) mass is 550 g/mol. The number of nitrogens with one attached hydrogen (secondary N) is 1. The molecule has 0 radical (unpaired) electrons. The Labute approximate surface area is 235 Å². The van der Waals surface area contributed by atoms with E-state index in [2.05, 4.69) is 34.2 Å². The van der Waals surface area contributed by atoms with Crippen LogP contribution < -0.4 is 10.2 Å². The summed E-state index contributed by atoms with van der Waals surface area (Å²) in [7, 11) is 1.88. The number of hydrogen-bond donors (Lipinski definition) is 1. The van der Waals surface area contributed by atoms with Crippen molar-refractivity contribution in [2.24, 2.45) is 5.92 Å². The van der Waals surface area contributed by atoms with Gasteiger partial charge in [0, 0.05) is 57.0 Å². The summed E-state index contributed by atoms with van der Waals surface area (Å²) < 4.78 is 14.1. The Morgan fingerprint density at radius 1 is 1.10 bits per heavy atom. The van der Waals surface area contributed by atoms with Gasteiger partial charge in [0.05, 0.1) is 10.6 Å². The fourth-order valence-electron chi connectivity index (χ4n) is 6.03. The number of hydrogen-bond acceptors (Lipinski definition) is 5. The maximum Gasteiger partial charge on any atom is 0.260 e. The number of fused-ring (bicyclic) bond motifs is 1. The number of anilines is 1. The van der Waals surface area contributed by atoms with Crippen molar-refractivity contribution in [3.63, 3.8) is 0 Å². The lowest BCUT2D eigenvalue weighted by Crippen LogP contribution is -2.52. The summed E-state index contributed by atoms with van der Waals surface area (Å²) in [5.41, 5.74) is 2.91. The number of aryl methyl sites for hydroxylation is 1. The molecular formula is C31H39FN4O2S. The van der Waals surface area contributed by atoms with Gasteiger partial charge in [-0.1, -0.05) is 42.0 Å². The van der Waals surface area contributed by atoms with Crippen LogP contribution >= 0.6 is 11.8 Å². The van der Waals surface area contributed by atoms with Gasteiger partial charge < -0.3 is 15.1 Å². The Bertz CT molecular complexity index is 1210. The molecular weight excluding hydrogens is 511 g/mol. The lowest BCUT2D eigenvalue weighted by Gasteiger charge is -2.44. The fourth-order valence-corrected chi connectivity index (χ4v) is 7.51. The summed E-state index contributed by atoms with van der Waals surface area (Å²) in [6.45, 7) is 7.05. The number of halogens is 1. The normalized spacial score (nSPS) is 25.1. The van der Waals surface area contributed by atoms with Gasteiger partial charge in [-0.2, -0.15) is 0 Å². The van der Waals surface area contributed by atoms with Crippen molar-refractivity contribution in [2.45, 2.75) is 43.9 Å². The van der Waals surface area contributed by atoms with Gasteiger partial charge in [0.15, 0.2) is 0 Å². The first kappa shape index (κ1) is 27.7. The molecule has 2 aliphatic heterocycles. The second kappa shape index (κ2) is 12.6. The average Bonchev–Trinajstić information content (AvgIpc) is 2.94. The van der Waals surface area contributed by atoms with Gasteiger partial charge in [-0.25, -0.2) is 4.39 Å². The third kappa shape index (κ3) is 6.67. The first-order valence-corrected chi connectivity index (χ1v) is 15.0. The van der Waals surface area contributed by atoms with Crippen LogP contribution in [0.25, 0.3) is 6.08 Å². The Morgan fingerprint density at radius 2 is 1.90 bits per heavy atom. The number of carbonyl (C=O) groups excluding carboxylic acids is 2. The lowest BCUT2D eigenvalue weighted by molar-refractivity contribution is -0.131. The highest BCUT2D eigenvalue weighted by Gasteiger charge is 2.42. The highest BCUT2D eigenvalue weighted by atomic mass is 32.2. The standard InChI is InChI=1S/C31H39FN4O2S/c1-22-7-5-8-23(19-22)20-29-31(38)34(2)27-21-24(11-12-28(27)39-29)30(37)33-13-6-14-35-15-17-36(18-16-35)26-10-4-3-9-25(26)32/h3-5,7-10,19-20,24,27-28H,6,11-18,21H2,1-2H3,(H,33,37)/b29-20-. The molecule has 3 atom stereocenters. The molecule has 1 aliphatic carbocycles. The Balaban J connectivity index is 1.05. The molecule has 1 saturated carbocycles. The van der Waals surface area contributed by atoms with Crippen LogP contribution in [0.5, 0.6) is 0 Å². The van der Waals surface area contributed by atoms with E-state index in [1.54, 1.807) is 17.8 Å². The summed E-state index contributed by atoms with van der Waals surface area (Å²) in [5.74, 6) is -0.0401. The molecule has 208 valence electrons. The maximum atomic E-state index is 14.1. The number of benzene rings is 2. The molecule has 1 N–H and O–H groups in total. The van der Waals surface area contributed by atoms with Crippen LogP contribution in [0.3, 0.4) is 0 Å². The van der Waals surface area contributed by atoms with Crippen molar-refractivity contribution in [2.75, 3.05) is 51.2 Å². The van der Waals surface area contributed by atoms with E-state index in [0.717, 1.165) is 68.9 Å². The molecule has 39 heavy (non-hydrogen) atoms. The molecule has 0 aromatic heterocycles. The molecule has 2 saturated heterocycles. The molecule has 0 bridgehead atoms. The molecule has 6 nitrogen and oxygen atoms in total. The van der Waals surface area contributed by atoms with Gasteiger partial charge in [-0.05, 0) is 62.9 Å². The Kier molecular flexibility index (Phi) is 8.92. The maximum absolute atomic E-state index is 14.1. The average molecular weight is 551 g/mol. The molecule has 2 aromatic carbocycles.